The fourth-order valence-electron chi connectivity index (χ4n) is 2.44. The molecule has 0 aliphatic carbocycles. The number of allylic oxidation sites excluding steroid dienone is 2. The fraction of sp³-hybridized carbons (Fsp3) is 0.167. The second-order valence-electron chi connectivity index (χ2n) is 5.89. The first-order valence-corrected chi connectivity index (χ1v) is 11.4. The molecule has 0 radical (unpaired) electrons. The van der Waals surface area contributed by atoms with Crippen molar-refractivity contribution in [1.29, 1.82) is 5.26 Å². The van der Waals surface area contributed by atoms with Crippen LogP contribution in [0, 0.1) is 24.5 Å². The van der Waals surface area contributed by atoms with Crippen LogP contribution >= 0.6 is 46.2 Å². The molecule has 0 saturated heterocycles. The molecule has 9 nitrogen and oxygen atoms in total. The lowest BCUT2D eigenvalue weighted by molar-refractivity contribution is 0.857. The summed E-state index contributed by atoms with van der Waals surface area (Å²) < 4.78 is 2.94. The van der Waals surface area contributed by atoms with Gasteiger partial charge in [0.1, 0.15) is 24.9 Å². The molecule has 0 N–H and O–H groups in total. The van der Waals surface area contributed by atoms with Gasteiger partial charge in [0.2, 0.25) is 10.1 Å². The molecule has 13 heteroatoms. The minimum Gasteiger partial charge on any atom is -0.276 e. The SMILES string of the molecule is Cn1c(=O)c2sc3c(=O)n(C)c(=O)c3sc2c1=O.[C-]#[N+]C1=C([N+]#[C-])SC(C#N)=C(C)S1. The van der Waals surface area contributed by atoms with Gasteiger partial charge >= 0.3 is 0 Å². The van der Waals surface area contributed by atoms with E-state index in [9.17, 15) is 19.2 Å². The molecule has 0 saturated carbocycles. The Hall–Kier alpha value is -3.15. The lowest BCUT2D eigenvalue weighted by Crippen LogP contribution is -2.21. The van der Waals surface area contributed by atoms with Crippen LogP contribution in [-0.4, -0.2) is 9.13 Å². The minimum absolute atomic E-state index is 0.239. The standard InChI is InChI=1S/C10H6N2O4S2.C8H3N3S2/c1-11-7(13)3-4(8(11)14)18-6-5(17-3)9(15)12(2)10(6)16;1-5-6(4-9)13-8(11-3)7(10-2)12-5/h1-2H3;1H3. The third-order valence-corrected chi connectivity index (χ3v) is 8.99. The zero-order chi connectivity index (χ0) is 23.0. The molecule has 154 valence electrons. The number of hydrogen-bond donors (Lipinski definition) is 0. The molecule has 4 rings (SSSR count). The monoisotopic (exact) mass is 487 g/mol. The van der Waals surface area contributed by atoms with Gasteiger partial charge in [-0.2, -0.15) is 5.26 Å². The molecular formula is C18H9N5O4S4. The first-order chi connectivity index (χ1) is 14.7. The largest absolute Gasteiger partial charge is 0.276 e. The highest BCUT2D eigenvalue weighted by Gasteiger charge is 2.20. The first-order valence-electron chi connectivity index (χ1n) is 8.11. The fourth-order valence-corrected chi connectivity index (χ4v) is 6.63. The van der Waals surface area contributed by atoms with E-state index < -0.39 is 22.2 Å². The van der Waals surface area contributed by atoms with Crippen LogP contribution in [-0.2, 0) is 14.1 Å². The highest BCUT2D eigenvalue weighted by Crippen LogP contribution is 2.45. The van der Waals surface area contributed by atoms with Gasteiger partial charge in [0.05, 0.1) is 18.0 Å². The molecule has 31 heavy (non-hydrogen) atoms. The molecule has 4 heterocycles. The molecule has 0 aromatic carbocycles. The summed E-state index contributed by atoms with van der Waals surface area (Å²) in [5, 5.41) is 9.37. The van der Waals surface area contributed by atoms with Crippen LogP contribution < -0.4 is 22.2 Å². The molecule has 3 aromatic heterocycles. The molecule has 1 aliphatic heterocycles. The van der Waals surface area contributed by atoms with Crippen molar-refractivity contribution in [3.05, 3.63) is 84.1 Å². The van der Waals surface area contributed by atoms with E-state index in [0.717, 1.165) is 48.5 Å². The van der Waals surface area contributed by atoms with Gasteiger partial charge < -0.3 is 0 Å². The summed E-state index contributed by atoms with van der Waals surface area (Å²) in [4.78, 5) is 54.9. The Morgan fingerprint density at radius 1 is 0.774 bits per heavy atom. The second kappa shape index (κ2) is 8.53. The lowest BCUT2D eigenvalue weighted by Gasteiger charge is -2.11. The summed E-state index contributed by atoms with van der Waals surface area (Å²) in [6, 6.07) is 2.00. The smallest absolute Gasteiger partial charge is 0.272 e. The molecule has 0 atom stereocenters. The average molecular weight is 488 g/mol. The van der Waals surface area contributed by atoms with E-state index in [4.69, 9.17) is 18.4 Å². The number of rotatable bonds is 0. The van der Waals surface area contributed by atoms with Gasteiger partial charge in [-0.15, -0.1) is 46.2 Å². The van der Waals surface area contributed by atoms with Crippen molar-refractivity contribution in [2.75, 3.05) is 0 Å². The number of thioether (sulfide) groups is 2. The van der Waals surface area contributed by atoms with Gasteiger partial charge in [0.25, 0.3) is 22.2 Å². The molecule has 0 fully saturated rings. The van der Waals surface area contributed by atoms with Crippen molar-refractivity contribution in [1.82, 2.24) is 9.13 Å². The van der Waals surface area contributed by atoms with Crippen LogP contribution in [0.5, 0.6) is 0 Å². The van der Waals surface area contributed by atoms with Crippen molar-refractivity contribution in [3.8, 4) is 6.07 Å². The summed E-state index contributed by atoms with van der Waals surface area (Å²) in [5.74, 6) is 0. The van der Waals surface area contributed by atoms with Crippen molar-refractivity contribution in [3.63, 3.8) is 0 Å². The maximum Gasteiger partial charge on any atom is 0.272 e. The van der Waals surface area contributed by atoms with Crippen molar-refractivity contribution < 1.29 is 0 Å². The number of aromatic nitrogens is 2. The Labute approximate surface area is 190 Å². The Kier molecular flexibility index (Phi) is 6.20. The third-order valence-electron chi connectivity index (χ3n) is 4.07. The van der Waals surface area contributed by atoms with Crippen LogP contribution in [0.2, 0.25) is 0 Å². The summed E-state index contributed by atoms with van der Waals surface area (Å²) >= 11 is 4.12. The Morgan fingerprint density at radius 2 is 1.13 bits per heavy atom. The molecule has 1 aliphatic rings. The van der Waals surface area contributed by atoms with E-state index in [1.165, 1.54) is 25.9 Å². The summed E-state index contributed by atoms with van der Waals surface area (Å²) in [6.45, 7) is 15.4. The molecule has 0 amide bonds. The summed E-state index contributed by atoms with van der Waals surface area (Å²) in [6.07, 6.45) is 0. The Bertz CT molecular complexity index is 1520. The van der Waals surface area contributed by atoms with Crippen LogP contribution in [0.3, 0.4) is 0 Å². The lowest BCUT2D eigenvalue weighted by atomic mass is 10.5. The first kappa shape index (κ1) is 22.5. The van der Waals surface area contributed by atoms with Gasteiger partial charge in [0.15, 0.2) is 0 Å². The van der Waals surface area contributed by atoms with Crippen molar-refractivity contribution in [2.24, 2.45) is 14.1 Å². The zero-order valence-electron chi connectivity index (χ0n) is 16.0. The normalized spacial score (nSPS) is 13.5. The summed E-state index contributed by atoms with van der Waals surface area (Å²) in [5.41, 5.74) is -1.69. The topological polar surface area (TPSA) is 111 Å². The van der Waals surface area contributed by atoms with Crippen molar-refractivity contribution >= 4 is 65.0 Å². The van der Waals surface area contributed by atoms with Gasteiger partial charge in [-0.05, 0) is 11.8 Å². The molecule has 0 unspecified atom stereocenters. The van der Waals surface area contributed by atoms with Gasteiger partial charge in [-0.3, -0.25) is 28.3 Å². The minimum atomic E-state index is -0.422. The van der Waals surface area contributed by atoms with Gasteiger partial charge in [-0.1, -0.05) is 0 Å². The molecular weight excluding hydrogens is 478 g/mol. The van der Waals surface area contributed by atoms with Crippen LogP contribution in [0.4, 0.5) is 0 Å². The highest BCUT2D eigenvalue weighted by molar-refractivity contribution is 8.13. The predicted octanol–water partition coefficient (Wildman–Crippen LogP) is 2.86. The third kappa shape index (κ3) is 3.71. The van der Waals surface area contributed by atoms with Gasteiger partial charge in [0, 0.05) is 14.1 Å². The van der Waals surface area contributed by atoms with Crippen LogP contribution in [0.25, 0.3) is 28.5 Å². The number of hydrogen-bond acceptors (Lipinski definition) is 9. The van der Waals surface area contributed by atoms with E-state index in [1.807, 2.05) is 6.07 Å². The van der Waals surface area contributed by atoms with E-state index in [-0.39, 0.29) is 18.8 Å². The Balaban J connectivity index is 0.000000187. The van der Waals surface area contributed by atoms with E-state index in [1.54, 1.807) is 6.92 Å². The van der Waals surface area contributed by atoms with Crippen LogP contribution in [0.1, 0.15) is 6.92 Å². The predicted molar refractivity (Wildman–Crippen MR) is 125 cm³/mol. The van der Waals surface area contributed by atoms with Crippen LogP contribution in [0.15, 0.2) is 39.0 Å². The second-order valence-corrected chi connectivity index (χ2v) is 10.1. The molecule has 0 spiro atoms. The highest BCUT2D eigenvalue weighted by atomic mass is 32.2. The number of fused-ring (bicyclic) bond motifs is 2. The average Bonchev–Trinajstić information content (AvgIpc) is 3.12. The van der Waals surface area contributed by atoms with E-state index in [0.29, 0.717) is 15.0 Å². The zero-order valence-corrected chi connectivity index (χ0v) is 19.3. The summed E-state index contributed by atoms with van der Waals surface area (Å²) in [7, 11) is 2.76. The van der Waals surface area contributed by atoms with E-state index in [2.05, 4.69) is 9.69 Å². The number of nitriles is 1. The quantitative estimate of drug-likeness (QED) is 0.448. The van der Waals surface area contributed by atoms with Gasteiger partial charge in [-0.25, -0.2) is 9.69 Å². The molecule has 3 aromatic rings. The number of nitrogens with zero attached hydrogens (tertiary/aromatic N) is 5. The van der Waals surface area contributed by atoms with E-state index >= 15 is 0 Å². The Morgan fingerprint density at radius 3 is 1.45 bits per heavy atom. The maximum absolute atomic E-state index is 11.8. The molecule has 0 bridgehead atoms. The maximum atomic E-state index is 11.8. The van der Waals surface area contributed by atoms with Crippen molar-refractivity contribution in [2.45, 2.75) is 6.92 Å².